The van der Waals surface area contributed by atoms with E-state index in [1.54, 1.807) is 17.7 Å². The molecule has 1 amide bonds. The number of aromatic nitrogens is 1. The average molecular weight is 221 g/mol. The molecule has 0 unspecified atom stereocenters. The molecule has 2 rings (SSSR count). The fourth-order valence-electron chi connectivity index (χ4n) is 1.95. The van der Waals surface area contributed by atoms with Crippen molar-refractivity contribution in [2.75, 3.05) is 18.0 Å². The lowest BCUT2D eigenvalue weighted by Gasteiger charge is -2.28. The van der Waals surface area contributed by atoms with Crippen LogP contribution in [0.4, 0.5) is 5.69 Å². The van der Waals surface area contributed by atoms with Crippen LogP contribution < -0.4 is 10.4 Å². The molecule has 16 heavy (non-hydrogen) atoms. The summed E-state index contributed by atoms with van der Waals surface area (Å²) in [5.41, 5.74) is 2.83. The lowest BCUT2D eigenvalue weighted by Crippen LogP contribution is -2.30. The number of hydrogen-bond donors (Lipinski definition) is 2. The molecule has 5 nitrogen and oxygen atoms in total. The molecule has 0 saturated carbocycles. The first kappa shape index (κ1) is 10.9. The average Bonchev–Trinajstić information content (AvgIpc) is 2.39. The summed E-state index contributed by atoms with van der Waals surface area (Å²) in [5.74, 6) is -0.571. The molecule has 1 fully saturated rings. The molecule has 86 valence electrons. The van der Waals surface area contributed by atoms with Gasteiger partial charge in [-0.1, -0.05) is 0 Å². The zero-order valence-corrected chi connectivity index (χ0v) is 9.02. The summed E-state index contributed by atoms with van der Waals surface area (Å²) in [6, 6.07) is 3.59. The van der Waals surface area contributed by atoms with E-state index in [0.717, 1.165) is 18.8 Å². The Morgan fingerprint density at radius 1 is 1.38 bits per heavy atom. The highest BCUT2D eigenvalue weighted by Gasteiger charge is 2.13. The standard InChI is InChI=1S/C11H15N3O2/c15-11(13-16)10-8-9(4-5-12-10)14-6-2-1-3-7-14/h4-5,8,16H,1-3,6-7H2,(H,13,15). The fraction of sp³-hybridized carbons (Fsp3) is 0.455. The summed E-state index contributed by atoms with van der Waals surface area (Å²) in [6.07, 6.45) is 5.23. The highest BCUT2D eigenvalue weighted by molar-refractivity contribution is 5.92. The Morgan fingerprint density at radius 3 is 2.81 bits per heavy atom. The Hall–Kier alpha value is -1.62. The van der Waals surface area contributed by atoms with Crippen LogP contribution in [0.3, 0.4) is 0 Å². The number of pyridine rings is 1. The van der Waals surface area contributed by atoms with E-state index in [1.165, 1.54) is 19.3 Å². The smallest absolute Gasteiger partial charge is 0.293 e. The van der Waals surface area contributed by atoms with Gasteiger partial charge in [-0.2, -0.15) is 0 Å². The molecule has 1 saturated heterocycles. The lowest BCUT2D eigenvalue weighted by molar-refractivity contribution is 0.0701. The number of rotatable bonds is 2. The Bertz CT molecular complexity index is 375. The number of hydroxylamine groups is 1. The molecule has 0 aliphatic carbocycles. The SMILES string of the molecule is O=C(NO)c1cc(N2CCCCC2)ccn1. The first-order valence-corrected chi connectivity index (χ1v) is 5.46. The van der Waals surface area contributed by atoms with Gasteiger partial charge in [0, 0.05) is 25.0 Å². The molecule has 1 aliphatic heterocycles. The van der Waals surface area contributed by atoms with E-state index in [9.17, 15) is 4.79 Å². The minimum absolute atomic E-state index is 0.241. The van der Waals surface area contributed by atoms with Crippen molar-refractivity contribution < 1.29 is 10.0 Å². The maximum atomic E-state index is 11.2. The maximum absolute atomic E-state index is 11.2. The van der Waals surface area contributed by atoms with E-state index >= 15 is 0 Å². The lowest BCUT2D eigenvalue weighted by atomic mass is 10.1. The molecule has 1 aromatic heterocycles. The predicted octanol–water partition coefficient (Wildman–Crippen LogP) is 1.19. The van der Waals surface area contributed by atoms with Crippen LogP contribution in [-0.4, -0.2) is 29.2 Å². The topological polar surface area (TPSA) is 65.5 Å². The Kier molecular flexibility index (Phi) is 3.36. The van der Waals surface area contributed by atoms with E-state index in [1.807, 2.05) is 6.07 Å². The van der Waals surface area contributed by atoms with Crippen LogP contribution in [0, 0.1) is 0 Å². The van der Waals surface area contributed by atoms with Crippen molar-refractivity contribution in [1.82, 2.24) is 10.5 Å². The van der Waals surface area contributed by atoms with Gasteiger partial charge in [0.2, 0.25) is 0 Å². The second-order valence-corrected chi connectivity index (χ2v) is 3.89. The highest BCUT2D eigenvalue weighted by atomic mass is 16.5. The highest BCUT2D eigenvalue weighted by Crippen LogP contribution is 2.19. The number of hydrogen-bond acceptors (Lipinski definition) is 4. The Balaban J connectivity index is 2.17. The number of carbonyl (C=O) groups is 1. The third-order valence-electron chi connectivity index (χ3n) is 2.80. The number of nitrogens with one attached hydrogen (secondary N) is 1. The summed E-state index contributed by atoms with van der Waals surface area (Å²) < 4.78 is 0. The van der Waals surface area contributed by atoms with Crippen molar-refractivity contribution in [1.29, 1.82) is 0 Å². The van der Waals surface area contributed by atoms with E-state index in [2.05, 4.69) is 9.88 Å². The van der Waals surface area contributed by atoms with Gasteiger partial charge >= 0.3 is 0 Å². The third-order valence-corrected chi connectivity index (χ3v) is 2.80. The van der Waals surface area contributed by atoms with E-state index < -0.39 is 5.91 Å². The zero-order valence-electron chi connectivity index (χ0n) is 9.02. The fourth-order valence-corrected chi connectivity index (χ4v) is 1.95. The van der Waals surface area contributed by atoms with Gasteiger partial charge in [-0.15, -0.1) is 0 Å². The van der Waals surface area contributed by atoms with Gasteiger partial charge in [0.15, 0.2) is 0 Å². The predicted molar refractivity (Wildman–Crippen MR) is 59.6 cm³/mol. The van der Waals surface area contributed by atoms with Crippen molar-refractivity contribution >= 4 is 11.6 Å². The van der Waals surface area contributed by atoms with Crippen LogP contribution in [-0.2, 0) is 0 Å². The first-order valence-electron chi connectivity index (χ1n) is 5.46. The van der Waals surface area contributed by atoms with Crippen LogP contribution in [0.2, 0.25) is 0 Å². The van der Waals surface area contributed by atoms with Gasteiger partial charge < -0.3 is 4.90 Å². The van der Waals surface area contributed by atoms with Gasteiger partial charge in [-0.05, 0) is 31.4 Å². The summed E-state index contributed by atoms with van der Waals surface area (Å²) in [6.45, 7) is 2.04. The molecule has 0 atom stereocenters. The quantitative estimate of drug-likeness (QED) is 0.581. The first-order chi connectivity index (χ1) is 7.81. The number of nitrogens with zero attached hydrogens (tertiary/aromatic N) is 2. The number of amides is 1. The van der Waals surface area contributed by atoms with Gasteiger partial charge in [-0.25, -0.2) is 5.48 Å². The second-order valence-electron chi connectivity index (χ2n) is 3.89. The number of anilines is 1. The van der Waals surface area contributed by atoms with Crippen LogP contribution in [0.1, 0.15) is 29.8 Å². The zero-order chi connectivity index (χ0) is 11.4. The van der Waals surface area contributed by atoms with E-state index in [0.29, 0.717) is 0 Å². The molecule has 0 aromatic carbocycles. The minimum Gasteiger partial charge on any atom is -0.371 e. The minimum atomic E-state index is -0.571. The number of carbonyl (C=O) groups excluding carboxylic acids is 1. The maximum Gasteiger partial charge on any atom is 0.293 e. The molecule has 5 heteroatoms. The molecule has 2 N–H and O–H groups in total. The molecular formula is C11H15N3O2. The molecule has 2 heterocycles. The molecule has 0 radical (unpaired) electrons. The third kappa shape index (κ3) is 2.30. The summed E-state index contributed by atoms with van der Waals surface area (Å²) in [5, 5.41) is 8.54. The number of piperidine rings is 1. The normalized spacial score (nSPS) is 15.9. The summed E-state index contributed by atoms with van der Waals surface area (Å²) >= 11 is 0. The molecule has 1 aromatic rings. The largest absolute Gasteiger partial charge is 0.371 e. The molecular weight excluding hydrogens is 206 g/mol. The molecule has 0 spiro atoms. The van der Waals surface area contributed by atoms with Gasteiger partial charge in [0.25, 0.3) is 5.91 Å². The van der Waals surface area contributed by atoms with Gasteiger partial charge in [0.1, 0.15) is 5.69 Å². The summed E-state index contributed by atoms with van der Waals surface area (Å²) in [7, 11) is 0. The van der Waals surface area contributed by atoms with Crippen molar-refractivity contribution in [3.8, 4) is 0 Å². The Labute approximate surface area is 94.1 Å². The van der Waals surface area contributed by atoms with Crippen LogP contribution in [0.5, 0.6) is 0 Å². The van der Waals surface area contributed by atoms with Crippen LogP contribution >= 0.6 is 0 Å². The van der Waals surface area contributed by atoms with Crippen LogP contribution in [0.25, 0.3) is 0 Å². The van der Waals surface area contributed by atoms with Crippen molar-refractivity contribution in [3.63, 3.8) is 0 Å². The van der Waals surface area contributed by atoms with Gasteiger partial charge in [-0.3, -0.25) is 15.0 Å². The van der Waals surface area contributed by atoms with Gasteiger partial charge in [0.05, 0.1) is 0 Å². The second kappa shape index (κ2) is 4.94. The van der Waals surface area contributed by atoms with E-state index in [4.69, 9.17) is 5.21 Å². The monoisotopic (exact) mass is 221 g/mol. The summed E-state index contributed by atoms with van der Waals surface area (Å²) in [4.78, 5) is 17.3. The van der Waals surface area contributed by atoms with Crippen LogP contribution in [0.15, 0.2) is 18.3 Å². The molecule has 0 bridgehead atoms. The van der Waals surface area contributed by atoms with E-state index in [-0.39, 0.29) is 5.69 Å². The van der Waals surface area contributed by atoms with Crippen molar-refractivity contribution in [2.45, 2.75) is 19.3 Å². The Morgan fingerprint density at radius 2 is 2.12 bits per heavy atom. The molecule has 1 aliphatic rings. The van der Waals surface area contributed by atoms with Crippen molar-refractivity contribution in [2.24, 2.45) is 0 Å². The van der Waals surface area contributed by atoms with Crippen molar-refractivity contribution in [3.05, 3.63) is 24.0 Å².